The Balaban J connectivity index is 2.02. The summed E-state index contributed by atoms with van der Waals surface area (Å²) in [5, 5.41) is 9.67. The zero-order chi connectivity index (χ0) is 20.9. The number of rotatable bonds is 4. The lowest BCUT2D eigenvalue weighted by atomic mass is 9.94. The number of para-hydroxylation sites is 1. The van der Waals surface area contributed by atoms with E-state index in [4.69, 9.17) is 9.72 Å². The second-order valence-electron chi connectivity index (χ2n) is 7.83. The maximum atomic E-state index is 13.7. The predicted octanol–water partition coefficient (Wildman–Crippen LogP) is 4.17. The van der Waals surface area contributed by atoms with Crippen molar-refractivity contribution in [3.8, 4) is 5.69 Å². The van der Waals surface area contributed by atoms with Crippen LogP contribution in [0.15, 0.2) is 34.2 Å². The normalized spacial score (nSPS) is 16.6. The Kier molecular flexibility index (Phi) is 5.04. The van der Waals surface area contributed by atoms with Crippen LogP contribution < -0.4 is 5.56 Å². The van der Waals surface area contributed by atoms with Crippen LogP contribution in [0.5, 0.6) is 0 Å². The Morgan fingerprint density at radius 1 is 1.38 bits per heavy atom. The van der Waals surface area contributed by atoms with Gasteiger partial charge in [0.05, 0.1) is 23.3 Å². The van der Waals surface area contributed by atoms with Crippen LogP contribution in [-0.2, 0) is 22.6 Å². The van der Waals surface area contributed by atoms with Crippen molar-refractivity contribution < 1.29 is 14.6 Å². The summed E-state index contributed by atoms with van der Waals surface area (Å²) in [6.45, 7) is 8.03. The summed E-state index contributed by atoms with van der Waals surface area (Å²) in [6.07, 6.45) is 0.644. The molecule has 29 heavy (non-hydrogen) atoms. The molecule has 1 atom stereocenters. The SMILES string of the molecule is Cc1ccccc1-n1c(S[C@@H](C)C(=O)O)nc2sc3c(c2c1=O)CC(C)(C)OC3. The summed E-state index contributed by atoms with van der Waals surface area (Å²) in [6, 6.07) is 7.58. The molecule has 0 saturated heterocycles. The fourth-order valence-electron chi connectivity index (χ4n) is 3.49. The monoisotopic (exact) mass is 430 g/mol. The molecule has 0 saturated carbocycles. The quantitative estimate of drug-likeness (QED) is 0.494. The van der Waals surface area contributed by atoms with Crippen LogP contribution in [0.2, 0.25) is 0 Å². The van der Waals surface area contributed by atoms with Crippen LogP contribution in [-0.4, -0.2) is 31.5 Å². The number of aromatic nitrogens is 2. The molecule has 1 aliphatic heterocycles. The van der Waals surface area contributed by atoms with Crippen molar-refractivity contribution >= 4 is 39.3 Å². The van der Waals surface area contributed by atoms with E-state index in [0.29, 0.717) is 28.4 Å². The second-order valence-corrected chi connectivity index (χ2v) is 10.2. The van der Waals surface area contributed by atoms with E-state index < -0.39 is 11.2 Å². The number of carbonyl (C=O) groups is 1. The van der Waals surface area contributed by atoms with Crippen molar-refractivity contribution in [1.82, 2.24) is 9.55 Å². The van der Waals surface area contributed by atoms with Gasteiger partial charge in [-0.05, 0) is 44.9 Å². The van der Waals surface area contributed by atoms with Crippen LogP contribution in [0.25, 0.3) is 15.9 Å². The molecule has 4 rings (SSSR count). The number of hydrogen-bond acceptors (Lipinski definition) is 6. The highest BCUT2D eigenvalue weighted by atomic mass is 32.2. The Hall–Kier alpha value is -2.16. The third-order valence-corrected chi connectivity index (χ3v) is 7.20. The first-order valence-corrected chi connectivity index (χ1v) is 11.0. The molecule has 3 heterocycles. The fraction of sp³-hybridized carbons (Fsp3) is 0.381. The van der Waals surface area contributed by atoms with Gasteiger partial charge >= 0.3 is 5.97 Å². The largest absolute Gasteiger partial charge is 0.480 e. The number of nitrogens with zero attached hydrogens (tertiary/aromatic N) is 2. The van der Waals surface area contributed by atoms with E-state index in [1.54, 1.807) is 11.5 Å². The van der Waals surface area contributed by atoms with E-state index >= 15 is 0 Å². The average molecular weight is 431 g/mol. The lowest BCUT2D eigenvalue weighted by Gasteiger charge is -2.30. The fourth-order valence-corrected chi connectivity index (χ4v) is 5.49. The third kappa shape index (κ3) is 3.60. The Labute approximate surface area is 176 Å². The lowest BCUT2D eigenvalue weighted by Crippen LogP contribution is -2.32. The summed E-state index contributed by atoms with van der Waals surface area (Å²) in [4.78, 5) is 31.6. The number of thiophene rings is 1. The molecule has 0 amide bonds. The van der Waals surface area contributed by atoms with Crippen LogP contribution in [0.3, 0.4) is 0 Å². The van der Waals surface area contributed by atoms with Crippen LogP contribution >= 0.6 is 23.1 Å². The number of aliphatic carboxylic acids is 1. The lowest BCUT2D eigenvalue weighted by molar-refractivity contribution is -0.136. The molecule has 6 nitrogen and oxygen atoms in total. The highest BCUT2D eigenvalue weighted by Crippen LogP contribution is 2.38. The summed E-state index contributed by atoms with van der Waals surface area (Å²) < 4.78 is 7.48. The summed E-state index contributed by atoms with van der Waals surface area (Å²) >= 11 is 2.55. The van der Waals surface area contributed by atoms with E-state index in [2.05, 4.69) is 0 Å². The first-order chi connectivity index (χ1) is 13.7. The van der Waals surface area contributed by atoms with Gasteiger partial charge in [-0.3, -0.25) is 14.2 Å². The molecule has 1 aromatic carbocycles. The second kappa shape index (κ2) is 7.27. The standard InChI is InChI=1S/C21H22N2O4S2/c1-11-7-5-6-8-14(11)23-18(24)16-13-9-21(3,4)27-10-15(13)29-17(16)22-20(23)28-12(2)19(25)26/h5-8,12H,9-10H2,1-4H3,(H,25,26)/t12-/m0/s1. The molecule has 152 valence electrons. The Morgan fingerprint density at radius 3 is 2.79 bits per heavy atom. The van der Waals surface area contributed by atoms with Gasteiger partial charge in [0.15, 0.2) is 5.16 Å². The number of hydrogen-bond donors (Lipinski definition) is 1. The van der Waals surface area contributed by atoms with Crippen molar-refractivity contribution in [1.29, 1.82) is 0 Å². The third-order valence-electron chi connectivity index (χ3n) is 5.06. The molecule has 0 fully saturated rings. The van der Waals surface area contributed by atoms with Gasteiger partial charge in [0, 0.05) is 11.3 Å². The molecule has 2 aromatic heterocycles. The molecular formula is C21H22N2O4S2. The Morgan fingerprint density at radius 2 is 2.10 bits per heavy atom. The van der Waals surface area contributed by atoms with Crippen molar-refractivity contribution in [3.63, 3.8) is 0 Å². The topological polar surface area (TPSA) is 81.4 Å². The molecule has 8 heteroatoms. The number of ether oxygens (including phenoxy) is 1. The number of aryl methyl sites for hydroxylation is 1. The first-order valence-electron chi connectivity index (χ1n) is 9.34. The van der Waals surface area contributed by atoms with E-state index in [1.165, 1.54) is 11.3 Å². The molecular weight excluding hydrogens is 408 g/mol. The molecule has 3 aromatic rings. The van der Waals surface area contributed by atoms with Crippen LogP contribution in [0.4, 0.5) is 0 Å². The first kappa shape index (κ1) is 20.1. The number of carboxylic acids is 1. The number of thioether (sulfide) groups is 1. The van der Waals surface area contributed by atoms with Crippen LogP contribution in [0, 0.1) is 6.92 Å². The average Bonchev–Trinajstić information content (AvgIpc) is 2.99. The molecule has 0 unspecified atom stereocenters. The Bertz CT molecular complexity index is 1180. The minimum absolute atomic E-state index is 0.153. The minimum atomic E-state index is -0.943. The van der Waals surface area contributed by atoms with Gasteiger partial charge in [0.1, 0.15) is 10.1 Å². The smallest absolute Gasteiger partial charge is 0.316 e. The van der Waals surface area contributed by atoms with Gasteiger partial charge in [-0.15, -0.1) is 11.3 Å². The van der Waals surface area contributed by atoms with Gasteiger partial charge in [-0.25, -0.2) is 4.98 Å². The number of fused-ring (bicyclic) bond motifs is 3. The zero-order valence-electron chi connectivity index (χ0n) is 16.7. The van der Waals surface area contributed by atoms with E-state index in [0.717, 1.165) is 33.5 Å². The van der Waals surface area contributed by atoms with E-state index in [9.17, 15) is 14.7 Å². The number of carboxylic acid groups (broad SMARTS) is 1. The molecule has 1 N–H and O–H groups in total. The van der Waals surface area contributed by atoms with Gasteiger partial charge in [0.25, 0.3) is 5.56 Å². The molecule has 0 bridgehead atoms. The molecule has 0 radical (unpaired) electrons. The van der Waals surface area contributed by atoms with Crippen LogP contribution in [0.1, 0.15) is 36.8 Å². The summed E-state index contributed by atoms with van der Waals surface area (Å²) in [7, 11) is 0. The van der Waals surface area contributed by atoms with Gasteiger partial charge < -0.3 is 9.84 Å². The highest BCUT2D eigenvalue weighted by molar-refractivity contribution is 8.00. The predicted molar refractivity (Wildman–Crippen MR) is 115 cm³/mol. The maximum Gasteiger partial charge on any atom is 0.316 e. The molecule has 0 aliphatic carbocycles. The maximum absolute atomic E-state index is 13.7. The summed E-state index contributed by atoms with van der Waals surface area (Å²) in [5.74, 6) is -0.943. The van der Waals surface area contributed by atoms with E-state index in [1.807, 2.05) is 45.0 Å². The van der Waals surface area contributed by atoms with Crippen molar-refractivity contribution in [2.75, 3.05) is 0 Å². The van der Waals surface area contributed by atoms with Gasteiger partial charge in [-0.2, -0.15) is 0 Å². The van der Waals surface area contributed by atoms with Crippen molar-refractivity contribution in [2.45, 2.75) is 56.7 Å². The van der Waals surface area contributed by atoms with Crippen molar-refractivity contribution in [3.05, 3.63) is 50.6 Å². The molecule has 0 spiro atoms. The highest BCUT2D eigenvalue weighted by Gasteiger charge is 2.32. The zero-order valence-corrected chi connectivity index (χ0v) is 18.3. The van der Waals surface area contributed by atoms with Crippen molar-refractivity contribution in [2.24, 2.45) is 0 Å². The summed E-state index contributed by atoms with van der Waals surface area (Å²) in [5.41, 5.74) is 2.15. The van der Waals surface area contributed by atoms with E-state index in [-0.39, 0.29) is 11.2 Å². The molecule has 1 aliphatic rings. The number of benzene rings is 1. The minimum Gasteiger partial charge on any atom is -0.480 e. The van der Waals surface area contributed by atoms with Gasteiger partial charge in [0.2, 0.25) is 0 Å². The van der Waals surface area contributed by atoms with Gasteiger partial charge in [-0.1, -0.05) is 30.0 Å².